The molecule has 5 heteroatoms. The Morgan fingerprint density at radius 2 is 1.72 bits per heavy atom. The number of nitrogens with zero attached hydrogens (tertiary/aromatic N) is 1. The first-order valence-electron chi connectivity index (χ1n) is 13.9. The Hall–Kier alpha value is -2.43. The molecule has 0 aromatic heterocycles. The zero-order chi connectivity index (χ0) is 25.8. The molecule has 192 valence electrons. The van der Waals surface area contributed by atoms with E-state index in [0.717, 1.165) is 44.1 Å². The van der Waals surface area contributed by atoms with Gasteiger partial charge in [0, 0.05) is 5.41 Å². The number of carbonyl (C=O) groups is 3. The molecule has 1 saturated heterocycles. The van der Waals surface area contributed by atoms with E-state index in [0.29, 0.717) is 11.6 Å². The van der Waals surface area contributed by atoms with E-state index >= 15 is 0 Å². The minimum atomic E-state index is -0.723. The van der Waals surface area contributed by atoms with Crippen LogP contribution in [0.5, 0.6) is 0 Å². The highest BCUT2D eigenvalue weighted by molar-refractivity contribution is 6.23. The first-order chi connectivity index (χ1) is 17.0. The number of fused-ring (bicyclic) bond motifs is 1. The molecule has 1 aromatic rings. The van der Waals surface area contributed by atoms with E-state index in [1.54, 1.807) is 0 Å². The maximum atomic E-state index is 14.2. The van der Waals surface area contributed by atoms with Gasteiger partial charge in [-0.25, -0.2) is 0 Å². The van der Waals surface area contributed by atoms with Crippen LogP contribution in [0.25, 0.3) is 0 Å². The van der Waals surface area contributed by atoms with Crippen molar-refractivity contribution in [3.8, 4) is 0 Å². The topological polar surface area (TPSA) is 74.7 Å². The minimum Gasteiger partial charge on any atom is -0.481 e. The molecule has 5 aliphatic carbocycles. The molecular formula is C31H39NO4. The molecule has 1 N–H and O–H groups in total. The van der Waals surface area contributed by atoms with Gasteiger partial charge < -0.3 is 5.11 Å². The molecule has 1 aliphatic heterocycles. The third-order valence-electron chi connectivity index (χ3n) is 11.5. The molecule has 1 heterocycles. The molecule has 0 radical (unpaired) electrons. The standard InChI is InChI=1S/C31H39NO4/c1-17(2)21-16-31-14-11-22-29(4,12-6-13-30(22,5)28(35)36)23(31)15-20(21)24-25(31)27(34)32(26(24)33)19-9-7-18(3)8-10-19/h7-10,16-17,20,22-25H,6,11-15H2,1-5H3,(H,35,36)/t20-,22+,23+,24-,25+,29-,30+,31-/m0/s1. The van der Waals surface area contributed by atoms with E-state index in [4.69, 9.17) is 0 Å². The number of amides is 2. The fourth-order valence-corrected chi connectivity index (χ4v) is 9.91. The third kappa shape index (κ3) is 2.80. The first-order valence-corrected chi connectivity index (χ1v) is 13.9. The van der Waals surface area contributed by atoms with Crippen molar-refractivity contribution in [3.63, 3.8) is 0 Å². The molecule has 36 heavy (non-hydrogen) atoms. The van der Waals surface area contributed by atoms with Gasteiger partial charge >= 0.3 is 5.97 Å². The molecule has 5 nitrogen and oxygen atoms in total. The zero-order valence-electron chi connectivity index (χ0n) is 22.2. The molecule has 3 saturated carbocycles. The number of carboxylic acids is 1. The Labute approximate surface area is 214 Å². The number of hydrogen-bond acceptors (Lipinski definition) is 3. The van der Waals surface area contributed by atoms with Gasteiger partial charge in [0.05, 0.1) is 22.9 Å². The Morgan fingerprint density at radius 3 is 2.36 bits per heavy atom. The number of anilines is 1. The van der Waals surface area contributed by atoms with Crippen molar-refractivity contribution in [2.45, 2.75) is 73.1 Å². The average Bonchev–Trinajstić information content (AvgIpc) is 3.11. The highest BCUT2D eigenvalue weighted by atomic mass is 16.4. The Balaban J connectivity index is 1.49. The highest BCUT2D eigenvalue weighted by Crippen LogP contribution is 2.74. The summed E-state index contributed by atoms with van der Waals surface area (Å²) in [5.41, 5.74) is 1.89. The van der Waals surface area contributed by atoms with E-state index in [1.807, 2.05) is 38.1 Å². The van der Waals surface area contributed by atoms with Gasteiger partial charge in [-0.2, -0.15) is 0 Å². The van der Waals surface area contributed by atoms with Gasteiger partial charge in [-0.3, -0.25) is 19.3 Å². The van der Waals surface area contributed by atoms with E-state index in [9.17, 15) is 19.5 Å². The second-order valence-corrected chi connectivity index (χ2v) is 13.3. The highest BCUT2D eigenvalue weighted by Gasteiger charge is 2.73. The second kappa shape index (κ2) is 7.55. The summed E-state index contributed by atoms with van der Waals surface area (Å²) in [6, 6.07) is 7.72. The number of allylic oxidation sites excluding steroid dienone is 2. The van der Waals surface area contributed by atoms with Crippen LogP contribution in [-0.4, -0.2) is 22.9 Å². The van der Waals surface area contributed by atoms with Crippen molar-refractivity contribution in [2.24, 2.45) is 51.8 Å². The number of benzene rings is 1. The lowest BCUT2D eigenvalue weighted by Gasteiger charge is -2.68. The number of aryl methyl sites for hydroxylation is 1. The minimum absolute atomic E-state index is 0.0331. The smallest absolute Gasteiger partial charge is 0.309 e. The fourth-order valence-electron chi connectivity index (χ4n) is 9.91. The predicted octanol–water partition coefficient (Wildman–Crippen LogP) is 6.01. The zero-order valence-corrected chi connectivity index (χ0v) is 22.2. The summed E-state index contributed by atoms with van der Waals surface area (Å²) in [5.74, 6) is -0.679. The van der Waals surface area contributed by atoms with Crippen LogP contribution in [0.3, 0.4) is 0 Å². The normalized spacial score (nSPS) is 43.2. The third-order valence-corrected chi connectivity index (χ3v) is 11.5. The lowest BCUT2D eigenvalue weighted by molar-refractivity contribution is -0.194. The molecule has 2 bridgehead atoms. The Kier molecular flexibility index (Phi) is 5.02. The summed E-state index contributed by atoms with van der Waals surface area (Å²) in [6.07, 6.45) is 7.58. The van der Waals surface area contributed by atoms with E-state index in [-0.39, 0.29) is 52.2 Å². The van der Waals surface area contributed by atoms with Crippen molar-refractivity contribution in [2.75, 3.05) is 4.90 Å². The number of carbonyl (C=O) groups excluding carboxylic acids is 2. The summed E-state index contributed by atoms with van der Waals surface area (Å²) >= 11 is 0. The maximum absolute atomic E-state index is 14.2. The van der Waals surface area contributed by atoms with Crippen molar-refractivity contribution in [1.82, 2.24) is 0 Å². The summed E-state index contributed by atoms with van der Waals surface area (Å²) in [4.78, 5) is 42.3. The largest absolute Gasteiger partial charge is 0.481 e. The average molecular weight is 490 g/mol. The Morgan fingerprint density at radius 1 is 1.03 bits per heavy atom. The summed E-state index contributed by atoms with van der Waals surface area (Å²) < 4.78 is 0. The van der Waals surface area contributed by atoms with Crippen LogP contribution in [0.4, 0.5) is 5.69 Å². The van der Waals surface area contributed by atoms with Crippen LogP contribution in [0, 0.1) is 58.7 Å². The molecule has 8 atom stereocenters. The second-order valence-electron chi connectivity index (χ2n) is 13.3. The van der Waals surface area contributed by atoms with Crippen molar-refractivity contribution >= 4 is 23.5 Å². The summed E-state index contributed by atoms with van der Waals surface area (Å²) in [6.45, 7) is 10.7. The van der Waals surface area contributed by atoms with Crippen LogP contribution in [-0.2, 0) is 14.4 Å². The number of carboxylic acid groups (broad SMARTS) is 1. The number of hydrogen-bond donors (Lipinski definition) is 1. The molecule has 6 aliphatic rings. The molecule has 2 amide bonds. The number of rotatable bonds is 3. The molecule has 7 rings (SSSR count). The van der Waals surface area contributed by atoms with Gasteiger partial charge in [0.1, 0.15) is 0 Å². The van der Waals surface area contributed by atoms with Crippen LogP contribution in [0.15, 0.2) is 35.9 Å². The van der Waals surface area contributed by atoms with Crippen LogP contribution >= 0.6 is 0 Å². The lowest BCUT2D eigenvalue weighted by Crippen LogP contribution is -2.65. The molecule has 0 unspecified atom stereocenters. The Bertz CT molecular complexity index is 1180. The number of imide groups is 1. The molecular weight excluding hydrogens is 450 g/mol. The maximum Gasteiger partial charge on any atom is 0.309 e. The SMILES string of the molecule is Cc1ccc(N2C(=O)[C@H]3[C@H]4C[C@@H]5[C@@]6(C)CCC[C@@](C)(C(=O)O)[C@@H]6CC[C@@]5(C=C4C(C)C)[C@H]3C2=O)cc1. The van der Waals surface area contributed by atoms with Gasteiger partial charge in [0.15, 0.2) is 0 Å². The lowest BCUT2D eigenvalue weighted by atomic mass is 9.34. The van der Waals surface area contributed by atoms with Crippen molar-refractivity contribution in [1.29, 1.82) is 0 Å². The van der Waals surface area contributed by atoms with Crippen LogP contribution < -0.4 is 4.90 Å². The van der Waals surface area contributed by atoms with Gasteiger partial charge in [0.25, 0.3) is 0 Å². The monoisotopic (exact) mass is 489 g/mol. The summed E-state index contributed by atoms with van der Waals surface area (Å²) in [7, 11) is 0. The number of aliphatic carboxylic acids is 1. The van der Waals surface area contributed by atoms with Gasteiger partial charge in [-0.1, -0.05) is 56.5 Å². The predicted molar refractivity (Wildman–Crippen MR) is 138 cm³/mol. The first kappa shape index (κ1) is 23.9. The molecule has 1 spiro atoms. The van der Waals surface area contributed by atoms with E-state index in [2.05, 4.69) is 26.8 Å². The molecule has 1 aromatic carbocycles. The quantitative estimate of drug-likeness (QED) is 0.417. The van der Waals surface area contributed by atoms with Gasteiger partial charge in [0.2, 0.25) is 11.8 Å². The van der Waals surface area contributed by atoms with Crippen LogP contribution in [0.2, 0.25) is 0 Å². The van der Waals surface area contributed by atoms with Crippen molar-refractivity contribution in [3.05, 3.63) is 41.5 Å². The van der Waals surface area contributed by atoms with Crippen LogP contribution in [0.1, 0.15) is 71.8 Å². The van der Waals surface area contributed by atoms with E-state index in [1.165, 1.54) is 10.5 Å². The summed E-state index contributed by atoms with van der Waals surface area (Å²) in [5, 5.41) is 10.3. The van der Waals surface area contributed by atoms with Crippen molar-refractivity contribution < 1.29 is 19.5 Å². The fraction of sp³-hybridized carbons (Fsp3) is 0.645. The van der Waals surface area contributed by atoms with Gasteiger partial charge in [-0.05, 0) is 87.2 Å². The van der Waals surface area contributed by atoms with Gasteiger partial charge in [-0.15, -0.1) is 0 Å². The molecule has 4 fully saturated rings. The van der Waals surface area contributed by atoms with E-state index < -0.39 is 11.4 Å².